The van der Waals surface area contributed by atoms with E-state index in [1.54, 1.807) is 0 Å². The van der Waals surface area contributed by atoms with Gasteiger partial charge in [-0.15, -0.1) is 0 Å². The average molecular weight is 284 g/mol. The van der Waals surface area contributed by atoms with Gasteiger partial charge < -0.3 is 16.0 Å². The minimum absolute atomic E-state index is 0.206. The van der Waals surface area contributed by atoms with Gasteiger partial charge in [0, 0.05) is 25.2 Å². The zero-order valence-corrected chi connectivity index (χ0v) is 13.6. The van der Waals surface area contributed by atoms with Crippen molar-refractivity contribution in [1.82, 2.24) is 15.1 Å². The number of rotatable bonds is 9. The van der Waals surface area contributed by atoms with Gasteiger partial charge in [0.1, 0.15) is 0 Å². The highest BCUT2D eigenvalue weighted by Crippen LogP contribution is 2.15. The number of carbonyl (C=O) groups excluding carboxylic acids is 1. The van der Waals surface area contributed by atoms with Crippen LogP contribution >= 0.6 is 0 Å². The summed E-state index contributed by atoms with van der Waals surface area (Å²) < 4.78 is 0. The Kier molecular flexibility index (Phi) is 7.48. The average Bonchev–Trinajstić information content (AvgIpc) is 2.84. The highest BCUT2D eigenvalue weighted by molar-refractivity contribution is 5.79. The zero-order chi connectivity index (χ0) is 15.1. The number of nitrogens with two attached hydrogens (primary N) is 1. The van der Waals surface area contributed by atoms with E-state index in [1.165, 1.54) is 6.42 Å². The van der Waals surface area contributed by atoms with Gasteiger partial charge in [0.15, 0.2) is 0 Å². The third-order valence-corrected chi connectivity index (χ3v) is 4.19. The van der Waals surface area contributed by atoms with Gasteiger partial charge in [-0.25, -0.2) is 0 Å². The second-order valence-electron chi connectivity index (χ2n) is 6.03. The second-order valence-corrected chi connectivity index (χ2v) is 6.03. The minimum atomic E-state index is -0.238. The first-order valence-electron chi connectivity index (χ1n) is 7.99. The van der Waals surface area contributed by atoms with Crippen molar-refractivity contribution < 1.29 is 4.79 Å². The lowest BCUT2D eigenvalue weighted by Gasteiger charge is -2.26. The van der Waals surface area contributed by atoms with Crippen LogP contribution in [0.1, 0.15) is 40.5 Å². The molecule has 0 aromatic carbocycles. The molecule has 1 amide bonds. The summed E-state index contributed by atoms with van der Waals surface area (Å²) in [6, 6.07) is 0.757. The number of likely N-dealkylation sites (tertiary alicyclic amines) is 1. The van der Waals surface area contributed by atoms with Crippen LogP contribution in [0.3, 0.4) is 0 Å². The molecular formula is C15H32N4O. The summed E-state index contributed by atoms with van der Waals surface area (Å²) in [6.45, 7) is 14.0. The fraction of sp³-hybridized carbons (Fsp3) is 0.933. The lowest BCUT2D eigenvalue weighted by Crippen LogP contribution is -2.46. The zero-order valence-electron chi connectivity index (χ0n) is 13.6. The summed E-state index contributed by atoms with van der Waals surface area (Å²) in [5.41, 5.74) is 5.46. The van der Waals surface area contributed by atoms with E-state index in [4.69, 9.17) is 5.73 Å². The molecule has 0 aromatic rings. The fourth-order valence-corrected chi connectivity index (χ4v) is 3.08. The van der Waals surface area contributed by atoms with Crippen LogP contribution in [0.5, 0.6) is 0 Å². The Labute approximate surface area is 123 Å². The van der Waals surface area contributed by atoms with Crippen LogP contribution in [-0.4, -0.2) is 66.6 Å². The van der Waals surface area contributed by atoms with Crippen molar-refractivity contribution in [2.75, 3.05) is 32.7 Å². The Balaban J connectivity index is 2.37. The maximum atomic E-state index is 11.4. The number of carbonyl (C=O) groups is 1. The second kappa shape index (κ2) is 8.60. The molecule has 0 aromatic heterocycles. The van der Waals surface area contributed by atoms with Crippen LogP contribution in [0.4, 0.5) is 0 Å². The third kappa shape index (κ3) is 5.38. The van der Waals surface area contributed by atoms with Crippen molar-refractivity contribution in [3.63, 3.8) is 0 Å². The summed E-state index contributed by atoms with van der Waals surface area (Å²) in [7, 11) is 0. The molecule has 5 nitrogen and oxygen atoms in total. The molecule has 1 rings (SSSR count). The molecule has 2 atom stereocenters. The van der Waals surface area contributed by atoms with E-state index in [1.807, 2.05) is 13.8 Å². The summed E-state index contributed by atoms with van der Waals surface area (Å²) >= 11 is 0. The summed E-state index contributed by atoms with van der Waals surface area (Å²) in [4.78, 5) is 16.4. The van der Waals surface area contributed by atoms with Crippen molar-refractivity contribution in [3.05, 3.63) is 0 Å². The molecule has 1 aliphatic heterocycles. The number of amides is 1. The largest absolute Gasteiger partial charge is 0.368 e. The van der Waals surface area contributed by atoms with Gasteiger partial charge in [-0.1, -0.05) is 27.7 Å². The monoisotopic (exact) mass is 284 g/mol. The van der Waals surface area contributed by atoms with Crippen molar-refractivity contribution in [2.24, 2.45) is 5.73 Å². The normalized spacial score (nSPS) is 21.8. The van der Waals surface area contributed by atoms with Crippen molar-refractivity contribution in [2.45, 2.75) is 58.7 Å². The van der Waals surface area contributed by atoms with E-state index in [2.05, 4.69) is 29.0 Å². The Morgan fingerprint density at radius 2 is 2.05 bits per heavy atom. The summed E-state index contributed by atoms with van der Waals surface area (Å²) in [5, 5.41) is 3.25. The molecule has 118 valence electrons. The standard InChI is InChI=1S/C15H32N4O/c1-5-19(6-2)13-7-9-18(11-13)10-8-14(15(16)20)17-12(3)4/h12-14,17H,5-11H2,1-4H3,(H2,16,20). The molecule has 0 bridgehead atoms. The van der Waals surface area contributed by atoms with E-state index in [9.17, 15) is 4.79 Å². The van der Waals surface area contributed by atoms with Gasteiger partial charge in [0.05, 0.1) is 6.04 Å². The number of nitrogens with zero attached hydrogens (tertiary/aromatic N) is 2. The maximum absolute atomic E-state index is 11.4. The quantitative estimate of drug-likeness (QED) is 0.652. The molecule has 1 fully saturated rings. The molecule has 1 aliphatic rings. The van der Waals surface area contributed by atoms with Crippen LogP contribution in [0, 0.1) is 0 Å². The number of hydrogen-bond donors (Lipinski definition) is 2. The molecular weight excluding hydrogens is 252 g/mol. The predicted octanol–water partition coefficient (Wildman–Crippen LogP) is 0.645. The molecule has 3 N–H and O–H groups in total. The highest BCUT2D eigenvalue weighted by Gasteiger charge is 2.27. The topological polar surface area (TPSA) is 61.6 Å². The predicted molar refractivity (Wildman–Crippen MR) is 83.6 cm³/mol. The number of hydrogen-bond acceptors (Lipinski definition) is 4. The fourth-order valence-electron chi connectivity index (χ4n) is 3.08. The van der Waals surface area contributed by atoms with Gasteiger partial charge in [-0.05, 0) is 32.5 Å². The lowest BCUT2D eigenvalue weighted by atomic mass is 10.1. The van der Waals surface area contributed by atoms with Crippen LogP contribution in [-0.2, 0) is 4.79 Å². The van der Waals surface area contributed by atoms with Crippen LogP contribution in [0.2, 0.25) is 0 Å². The van der Waals surface area contributed by atoms with Gasteiger partial charge in [-0.2, -0.15) is 0 Å². The first kappa shape index (κ1) is 17.4. The maximum Gasteiger partial charge on any atom is 0.234 e. The SMILES string of the molecule is CCN(CC)C1CCN(CCC(NC(C)C)C(N)=O)C1. The highest BCUT2D eigenvalue weighted by atomic mass is 16.1. The molecule has 1 heterocycles. The van der Waals surface area contributed by atoms with Crippen LogP contribution < -0.4 is 11.1 Å². The van der Waals surface area contributed by atoms with Crippen LogP contribution in [0.15, 0.2) is 0 Å². The van der Waals surface area contributed by atoms with Crippen LogP contribution in [0.25, 0.3) is 0 Å². The van der Waals surface area contributed by atoms with Gasteiger partial charge >= 0.3 is 0 Å². The number of nitrogens with one attached hydrogen (secondary N) is 1. The van der Waals surface area contributed by atoms with E-state index in [0.29, 0.717) is 6.04 Å². The molecule has 2 unspecified atom stereocenters. The van der Waals surface area contributed by atoms with E-state index >= 15 is 0 Å². The molecule has 1 saturated heterocycles. The van der Waals surface area contributed by atoms with Gasteiger partial charge in [0.25, 0.3) is 0 Å². The number of primary amides is 1. The Morgan fingerprint density at radius 1 is 1.40 bits per heavy atom. The molecule has 0 aliphatic carbocycles. The smallest absolute Gasteiger partial charge is 0.234 e. The Bertz CT molecular complexity index is 292. The summed E-state index contributed by atoms with van der Waals surface area (Å²) in [6.07, 6.45) is 2.04. The summed E-state index contributed by atoms with van der Waals surface area (Å²) in [5.74, 6) is -0.238. The molecule has 5 heteroatoms. The van der Waals surface area contributed by atoms with Gasteiger partial charge in [0.2, 0.25) is 5.91 Å². The molecule has 0 radical (unpaired) electrons. The van der Waals surface area contributed by atoms with Gasteiger partial charge in [-0.3, -0.25) is 9.69 Å². The lowest BCUT2D eigenvalue weighted by molar-refractivity contribution is -0.120. The van der Waals surface area contributed by atoms with Crippen molar-refractivity contribution in [1.29, 1.82) is 0 Å². The third-order valence-electron chi connectivity index (χ3n) is 4.19. The Hall–Kier alpha value is -0.650. The van der Waals surface area contributed by atoms with E-state index in [0.717, 1.165) is 39.1 Å². The molecule has 0 spiro atoms. The van der Waals surface area contributed by atoms with E-state index < -0.39 is 0 Å². The molecule has 0 saturated carbocycles. The molecule has 20 heavy (non-hydrogen) atoms. The van der Waals surface area contributed by atoms with E-state index in [-0.39, 0.29) is 18.0 Å². The van der Waals surface area contributed by atoms with Crippen molar-refractivity contribution >= 4 is 5.91 Å². The first-order valence-corrected chi connectivity index (χ1v) is 7.99. The first-order chi connectivity index (χ1) is 9.47. The minimum Gasteiger partial charge on any atom is -0.368 e. The van der Waals surface area contributed by atoms with Crippen molar-refractivity contribution in [3.8, 4) is 0 Å². The number of likely N-dealkylation sites (N-methyl/N-ethyl adjacent to an activating group) is 1. The Morgan fingerprint density at radius 3 is 2.55 bits per heavy atom.